The molecule has 2 aromatic carbocycles. The van der Waals surface area contributed by atoms with Gasteiger partial charge in [0.1, 0.15) is 17.3 Å². The minimum atomic E-state index is 0.211. The van der Waals surface area contributed by atoms with Gasteiger partial charge < -0.3 is 9.84 Å². The molecule has 0 aliphatic carbocycles. The van der Waals surface area contributed by atoms with Gasteiger partial charge in [0, 0.05) is 28.1 Å². The Labute approximate surface area is 116 Å². The first kappa shape index (κ1) is 12.1. The highest BCUT2D eigenvalue weighted by Gasteiger charge is 2.19. The van der Waals surface area contributed by atoms with Crippen molar-refractivity contribution in [2.45, 2.75) is 12.8 Å². The summed E-state index contributed by atoms with van der Waals surface area (Å²) in [6, 6.07) is 12.7. The van der Waals surface area contributed by atoms with Crippen molar-refractivity contribution in [3.05, 3.63) is 64.7 Å². The lowest BCUT2D eigenvalue weighted by molar-refractivity contribution is 0.456. The number of phenols is 1. The molecule has 0 aromatic heterocycles. The molecule has 0 radical (unpaired) electrons. The van der Waals surface area contributed by atoms with E-state index in [1.165, 1.54) is 0 Å². The molecule has 19 heavy (non-hydrogen) atoms. The third-order valence-corrected chi connectivity index (χ3v) is 3.49. The fourth-order valence-electron chi connectivity index (χ4n) is 2.23. The molecule has 3 rings (SSSR count). The Kier molecular flexibility index (Phi) is 2.96. The van der Waals surface area contributed by atoms with E-state index in [0.29, 0.717) is 10.8 Å². The molecule has 1 aliphatic rings. The van der Waals surface area contributed by atoms with Gasteiger partial charge in [0.15, 0.2) is 0 Å². The third-order valence-electron chi connectivity index (χ3n) is 3.24. The SMILES string of the molecule is CC1C=C(c2ccc(Cl)cc2)Oc2cc(O)ccc21. The predicted molar refractivity (Wildman–Crippen MR) is 76.6 cm³/mol. The van der Waals surface area contributed by atoms with Gasteiger partial charge in [0.05, 0.1) is 0 Å². The number of fused-ring (bicyclic) bond motifs is 1. The van der Waals surface area contributed by atoms with E-state index in [0.717, 1.165) is 16.9 Å². The molecule has 3 heteroatoms. The van der Waals surface area contributed by atoms with Crippen molar-refractivity contribution < 1.29 is 9.84 Å². The van der Waals surface area contributed by atoms with Gasteiger partial charge in [-0.25, -0.2) is 0 Å². The summed E-state index contributed by atoms with van der Waals surface area (Å²) in [5.41, 5.74) is 2.06. The van der Waals surface area contributed by atoms with Crippen LogP contribution in [0.1, 0.15) is 24.0 Å². The molecule has 1 N–H and O–H groups in total. The van der Waals surface area contributed by atoms with Crippen molar-refractivity contribution in [3.8, 4) is 11.5 Å². The molecule has 0 spiro atoms. The molecular formula is C16H13ClO2. The molecule has 1 aliphatic heterocycles. The van der Waals surface area contributed by atoms with Gasteiger partial charge >= 0.3 is 0 Å². The van der Waals surface area contributed by atoms with Gasteiger partial charge in [0.2, 0.25) is 0 Å². The zero-order valence-electron chi connectivity index (χ0n) is 10.4. The number of rotatable bonds is 1. The first-order valence-corrected chi connectivity index (χ1v) is 6.50. The predicted octanol–water partition coefficient (Wildman–Crippen LogP) is 4.58. The molecule has 0 fully saturated rings. The Morgan fingerprint density at radius 3 is 2.58 bits per heavy atom. The van der Waals surface area contributed by atoms with Crippen molar-refractivity contribution in [2.24, 2.45) is 0 Å². The van der Waals surface area contributed by atoms with Crippen LogP contribution in [0.15, 0.2) is 48.5 Å². The maximum absolute atomic E-state index is 9.55. The molecule has 0 amide bonds. The maximum Gasteiger partial charge on any atom is 0.134 e. The second kappa shape index (κ2) is 4.63. The average Bonchev–Trinajstić information content (AvgIpc) is 2.38. The molecule has 1 atom stereocenters. The second-order valence-corrected chi connectivity index (χ2v) is 5.09. The lowest BCUT2D eigenvalue weighted by atomic mass is 9.95. The summed E-state index contributed by atoms with van der Waals surface area (Å²) in [7, 11) is 0. The van der Waals surface area contributed by atoms with Crippen LogP contribution in [0.3, 0.4) is 0 Å². The number of hydrogen-bond acceptors (Lipinski definition) is 2. The molecule has 96 valence electrons. The van der Waals surface area contributed by atoms with Crippen LogP contribution >= 0.6 is 11.6 Å². The molecule has 0 bridgehead atoms. The zero-order chi connectivity index (χ0) is 13.4. The van der Waals surface area contributed by atoms with Gasteiger partial charge in [-0.05, 0) is 36.4 Å². The quantitative estimate of drug-likeness (QED) is 0.823. The zero-order valence-corrected chi connectivity index (χ0v) is 11.2. The van der Waals surface area contributed by atoms with Crippen LogP contribution in [-0.2, 0) is 0 Å². The summed E-state index contributed by atoms with van der Waals surface area (Å²) >= 11 is 5.89. The van der Waals surface area contributed by atoms with Crippen molar-refractivity contribution in [2.75, 3.05) is 0 Å². The van der Waals surface area contributed by atoms with Crippen molar-refractivity contribution in [1.29, 1.82) is 0 Å². The van der Waals surface area contributed by atoms with E-state index in [4.69, 9.17) is 16.3 Å². The minimum Gasteiger partial charge on any atom is -0.508 e. The van der Waals surface area contributed by atoms with Crippen LogP contribution in [0.5, 0.6) is 11.5 Å². The standard InChI is InChI=1S/C16H13ClO2/c1-10-8-15(11-2-4-12(17)5-3-11)19-16-9-13(18)6-7-14(10)16/h2-10,18H,1H3. The smallest absolute Gasteiger partial charge is 0.134 e. The summed E-state index contributed by atoms with van der Waals surface area (Å²) in [6.45, 7) is 2.11. The van der Waals surface area contributed by atoms with E-state index < -0.39 is 0 Å². The number of benzene rings is 2. The Bertz CT molecular complexity index is 644. The Balaban J connectivity index is 2.00. The topological polar surface area (TPSA) is 29.5 Å². The summed E-state index contributed by atoms with van der Waals surface area (Å²) in [4.78, 5) is 0. The van der Waals surface area contributed by atoms with E-state index in [2.05, 4.69) is 13.0 Å². The van der Waals surface area contributed by atoms with Gasteiger partial charge in [-0.15, -0.1) is 0 Å². The summed E-state index contributed by atoms with van der Waals surface area (Å²) in [6.07, 6.45) is 2.07. The Morgan fingerprint density at radius 2 is 1.84 bits per heavy atom. The number of aromatic hydroxyl groups is 1. The third kappa shape index (κ3) is 2.32. The van der Waals surface area contributed by atoms with E-state index in [9.17, 15) is 5.11 Å². The maximum atomic E-state index is 9.55. The lowest BCUT2D eigenvalue weighted by Gasteiger charge is -2.23. The van der Waals surface area contributed by atoms with Crippen LogP contribution in [-0.4, -0.2) is 5.11 Å². The lowest BCUT2D eigenvalue weighted by Crippen LogP contribution is -2.06. The van der Waals surface area contributed by atoms with Crippen LogP contribution in [0.25, 0.3) is 5.76 Å². The second-order valence-electron chi connectivity index (χ2n) is 4.65. The summed E-state index contributed by atoms with van der Waals surface area (Å²) in [5, 5.41) is 10.3. The number of hydrogen-bond donors (Lipinski definition) is 1. The van der Waals surface area contributed by atoms with E-state index >= 15 is 0 Å². The number of ether oxygens (including phenoxy) is 1. The summed E-state index contributed by atoms with van der Waals surface area (Å²) < 4.78 is 5.87. The largest absolute Gasteiger partial charge is 0.508 e. The molecule has 0 saturated heterocycles. The highest BCUT2D eigenvalue weighted by Crippen LogP contribution is 2.39. The first-order chi connectivity index (χ1) is 9.13. The van der Waals surface area contributed by atoms with Crippen molar-refractivity contribution in [1.82, 2.24) is 0 Å². The minimum absolute atomic E-state index is 0.211. The van der Waals surface area contributed by atoms with Crippen LogP contribution in [0, 0.1) is 0 Å². The van der Waals surface area contributed by atoms with Gasteiger partial charge in [-0.2, -0.15) is 0 Å². The number of halogens is 1. The van der Waals surface area contributed by atoms with Crippen molar-refractivity contribution in [3.63, 3.8) is 0 Å². The molecular weight excluding hydrogens is 260 g/mol. The fourth-order valence-corrected chi connectivity index (χ4v) is 2.35. The molecule has 0 saturated carbocycles. The Hall–Kier alpha value is -1.93. The van der Waals surface area contributed by atoms with Gasteiger partial charge in [-0.1, -0.05) is 24.6 Å². The molecule has 1 unspecified atom stereocenters. The number of phenolic OH excluding ortho intramolecular Hbond substituents is 1. The first-order valence-electron chi connectivity index (χ1n) is 6.12. The average molecular weight is 273 g/mol. The monoisotopic (exact) mass is 272 g/mol. The highest BCUT2D eigenvalue weighted by atomic mass is 35.5. The van der Waals surface area contributed by atoms with Gasteiger partial charge in [-0.3, -0.25) is 0 Å². The Morgan fingerprint density at radius 1 is 1.11 bits per heavy atom. The van der Waals surface area contributed by atoms with Crippen LogP contribution in [0.2, 0.25) is 5.02 Å². The number of allylic oxidation sites excluding steroid dienone is 1. The van der Waals surface area contributed by atoms with E-state index in [1.807, 2.05) is 30.3 Å². The van der Waals surface area contributed by atoms with Crippen molar-refractivity contribution >= 4 is 17.4 Å². The fraction of sp³-hybridized carbons (Fsp3) is 0.125. The van der Waals surface area contributed by atoms with E-state index in [1.54, 1.807) is 12.1 Å². The normalized spacial score (nSPS) is 17.4. The van der Waals surface area contributed by atoms with Crippen LogP contribution < -0.4 is 4.74 Å². The van der Waals surface area contributed by atoms with Gasteiger partial charge in [0.25, 0.3) is 0 Å². The van der Waals surface area contributed by atoms with Crippen LogP contribution in [0.4, 0.5) is 0 Å². The molecule has 1 heterocycles. The molecule has 2 aromatic rings. The summed E-state index contributed by atoms with van der Waals surface area (Å²) in [5.74, 6) is 1.96. The van der Waals surface area contributed by atoms with E-state index in [-0.39, 0.29) is 11.7 Å². The highest BCUT2D eigenvalue weighted by molar-refractivity contribution is 6.30. The molecule has 2 nitrogen and oxygen atoms in total.